The van der Waals surface area contributed by atoms with Gasteiger partial charge in [-0.3, -0.25) is 4.79 Å². The van der Waals surface area contributed by atoms with Crippen LogP contribution in [0.2, 0.25) is 0 Å². The monoisotopic (exact) mass is 512 g/mol. The first-order valence-electron chi connectivity index (χ1n) is 12.7. The van der Waals surface area contributed by atoms with Crippen LogP contribution in [-0.4, -0.2) is 59.3 Å². The molecule has 0 atom stereocenters. The number of esters is 1. The van der Waals surface area contributed by atoms with Gasteiger partial charge in [0.2, 0.25) is 0 Å². The second-order valence-electron chi connectivity index (χ2n) is 9.22. The van der Waals surface area contributed by atoms with E-state index in [1.165, 1.54) is 12.1 Å². The van der Waals surface area contributed by atoms with Crippen LogP contribution in [0.5, 0.6) is 0 Å². The molecule has 3 aromatic carbocycles. The van der Waals surface area contributed by atoms with Crippen molar-refractivity contribution in [2.45, 2.75) is 13.8 Å². The van der Waals surface area contributed by atoms with Gasteiger partial charge in [-0.2, -0.15) is 5.10 Å². The molecule has 0 bridgehead atoms. The number of hydrogen-bond donors (Lipinski definition) is 0. The summed E-state index contributed by atoms with van der Waals surface area (Å²) in [6, 6.07) is 23.4. The largest absolute Gasteiger partial charge is 0.461 e. The van der Waals surface area contributed by atoms with Crippen LogP contribution in [0.4, 0.5) is 10.1 Å². The molecule has 4 aromatic rings. The van der Waals surface area contributed by atoms with E-state index in [1.54, 1.807) is 29.8 Å². The Morgan fingerprint density at radius 2 is 1.61 bits per heavy atom. The number of benzene rings is 3. The number of ether oxygens (including phenoxy) is 1. The number of carbonyl (C=O) groups excluding carboxylic acids is 2. The Labute approximate surface area is 221 Å². The number of halogens is 1. The summed E-state index contributed by atoms with van der Waals surface area (Å²) in [6.45, 7) is 6.72. The summed E-state index contributed by atoms with van der Waals surface area (Å²) < 4.78 is 20.6. The Kier molecular flexibility index (Phi) is 7.22. The number of amides is 1. The maximum absolute atomic E-state index is 14.0. The van der Waals surface area contributed by atoms with E-state index in [9.17, 15) is 14.0 Å². The van der Waals surface area contributed by atoms with E-state index in [0.29, 0.717) is 30.0 Å². The van der Waals surface area contributed by atoms with Gasteiger partial charge in [-0.1, -0.05) is 35.9 Å². The third kappa shape index (κ3) is 5.29. The molecule has 0 spiro atoms. The summed E-state index contributed by atoms with van der Waals surface area (Å²) in [7, 11) is 0. The van der Waals surface area contributed by atoms with E-state index in [0.717, 1.165) is 29.9 Å². The molecule has 0 saturated carbocycles. The SMILES string of the molecule is CCOC(=O)c1cc(-c2ccc(N3CCN(C(=O)c4ccc(C)cc4)CC3)cc2)n(-c2cccc(F)c2)n1. The van der Waals surface area contributed by atoms with Crippen molar-refractivity contribution in [2.75, 3.05) is 37.7 Å². The predicted molar refractivity (Wildman–Crippen MR) is 144 cm³/mol. The Morgan fingerprint density at radius 3 is 2.26 bits per heavy atom. The molecule has 8 heteroatoms. The van der Waals surface area contributed by atoms with Crippen molar-refractivity contribution in [2.24, 2.45) is 0 Å². The molecule has 2 heterocycles. The molecule has 0 aliphatic carbocycles. The Morgan fingerprint density at radius 1 is 0.895 bits per heavy atom. The Balaban J connectivity index is 1.33. The third-order valence-electron chi connectivity index (χ3n) is 6.64. The molecule has 38 heavy (non-hydrogen) atoms. The first kappa shape index (κ1) is 25.2. The lowest BCUT2D eigenvalue weighted by molar-refractivity contribution is 0.0518. The zero-order valence-electron chi connectivity index (χ0n) is 21.4. The van der Waals surface area contributed by atoms with Gasteiger partial charge in [0.05, 0.1) is 18.0 Å². The number of anilines is 1. The van der Waals surface area contributed by atoms with Crippen molar-refractivity contribution in [3.8, 4) is 16.9 Å². The van der Waals surface area contributed by atoms with E-state index >= 15 is 0 Å². The number of nitrogens with zero attached hydrogens (tertiary/aromatic N) is 4. The second kappa shape index (κ2) is 10.9. The molecular formula is C30H29FN4O3. The molecule has 0 unspecified atom stereocenters. The van der Waals surface area contributed by atoms with Gasteiger partial charge in [-0.15, -0.1) is 0 Å². The van der Waals surface area contributed by atoms with Crippen LogP contribution in [0, 0.1) is 12.7 Å². The third-order valence-corrected chi connectivity index (χ3v) is 6.64. The van der Waals surface area contributed by atoms with Crippen molar-refractivity contribution in [1.82, 2.24) is 14.7 Å². The van der Waals surface area contributed by atoms with Crippen LogP contribution in [-0.2, 0) is 4.74 Å². The van der Waals surface area contributed by atoms with Crippen LogP contribution >= 0.6 is 0 Å². The van der Waals surface area contributed by atoms with Crippen LogP contribution < -0.4 is 4.90 Å². The lowest BCUT2D eigenvalue weighted by atomic mass is 10.1. The van der Waals surface area contributed by atoms with E-state index in [4.69, 9.17) is 4.74 Å². The van der Waals surface area contributed by atoms with Crippen molar-refractivity contribution >= 4 is 17.6 Å². The molecule has 1 aliphatic rings. The van der Waals surface area contributed by atoms with Gasteiger partial charge >= 0.3 is 5.97 Å². The van der Waals surface area contributed by atoms with E-state index < -0.39 is 11.8 Å². The average Bonchev–Trinajstić information content (AvgIpc) is 3.39. The van der Waals surface area contributed by atoms with Crippen LogP contribution in [0.3, 0.4) is 0 Å². The lowest BCUT2D eigenvalue weighted by Crippen LogP contribution is -2.48. The normalized spacial score (nSPS) is 13.4. The van der Waals surface area contributed by atoms with Gasteiger partial charge in [0.15, 0.2) is 5.69 Å². The predicted octanol–water partition coefficient (Wildman–Crippen LogP) is 5.13. The highest BCUT2D eigenvalue weighted by atomic mass is 19.1. The molecule has 5 rings (SSSR count). The minimum Gasteiger partial charge on any atom is -0.461 e. The van der Waals surface area contributed by atoms with Crippen molar-refractivity contribution in [1.29, 1.82) is 0 Å². The molecule has 7 nitrogen and oxygen atoms in total. The quantitative estimate of drug-likeness (QED) is 0.335. The van der Waals surface area contributed by atoms with Gasteiger partial charge in [0.25, 0.3) is 5.91 Å². The zero-order valence-corrected chi connectivity index (χ0v) is 21.4. The molecule has 1 amide bonds. The number of rotatable bonds is 6. The second-order valence-corrected chi connectivity index (χ2v) is 9.22. The first-order valence-corrected chi connectivity index (χ1v) is 12.7. The fourth-order valence-electron chi connectivity index (χ4n) is 4.59. The molecule has 194 valence electrons. The van der Waals surface area contributed by atoms with Crippen LogP contribution in [0.25, 0.3) is 16.9 Å². The first-order chi connectivity index (χ1) is 18.4. The summed E-state index contributed by atoms with van der Waals surface area (Å²) in [5.74, 6) is -0.862. The molecule has 1 saturated heterocycles. The number of carbonyl (C=O) groups is 2. The van der Waals surface area contributed by atoms with Gasteiger partial charge in [-0.05, 0) is 62.4 Å². The van der Waals surface area contributed by atoms with Crippen molar-refractivity contribution < 1.29 is 18.7 Å². The minimum absolute atomic E-state index is 0.0583. The Hall–Kier alpha value is -4.46. The summed E-state index contributed by atoms with van der Waals surface area (Å²) in [5.41, 5.74) is 5.03. The topological polar surface area (TPSA) is 67.7 Å². The molecule has 0 radical (unpaired) electrons. The van der Waals surface area contributed by atoms with Crippen LogP contribution in [0.15, 0.2) is 78.9 Å². The zero-order chi connectivity index (χ0) is 26.6. The molecular weight excluding hydrogens is 483 g/mol. The maximum Gasteiger partial charge on any atom is 0.358 e. The Bertz CT molecular complexity index is 1440. The van der Waals surface area contributed by atoms with Crippen LogP contribution in [0.1, 0.15) is 33.3 Å². The molecule has 0 N–H and O–H groups in total. The van der Waals surface area contributed by atoms with Crippen molar-refractivity contribution in [3.63, 3.8) is 0 Å². The fourth-order valence-corrected chi connectivity index (χ4v) is 4.59. The standard InChI is InChI=1S/C30H29FN4O3/c1-3-38-30(37)27-20-28(35(32-27)26-6-4-5-24(31)19-26)22-11-13-25(14-12-22)33-15-17-34(18-16-33)29(36)23-9-7-21(2)8-10-23/h4-14,19-20H,3,15-18H2,1-2H3. The lowest BCUT2D eigenvalue weighted by Gasteiger charge is -2.36. The van der Waals surface area contributed by atoms with Gasteiger partial charge in [-0.25, -0.2) is 13.9 Å². The number of aromatic nitrogens is 2. The summed E-state index contributed by atoms with van der Waals surface area (Å²) in [5, 5.41) is 4.41. The summed E-state index contributed by atoms with van der Waals surface area (Å²) in [4.78, 5) is 29.4. The highest BCUT2D eigenvalue weighted by Crippen LogP contribution is 2.28. The summed E-state index contributed by atoms with van der Waals surface area (Å²) in [6.07, 6.45) is 0. The van der Waals surface area contributed by atoms with Gasteiger partial charge < -0.3 is 14.5 Å². The van der Waals surface area contributed by atoms with E-state index in [1.807, 2.05) is 60.4 Å². The number of hydrogen-bond acceptors (Lipinski definition) is 5. The highest BCUT2D eigenvalue weighted by molar-refractivity contribution is 5.94. The molecule has 1 aromatic heterocycles. The van der Waals surface area contributed by atoms with Gasteiger partial charge in [0.1, 0.15) is 5.82 Å². The number of aryl methyl sites for hydroxylation is 1. The average molecular weight is 513 g/mol. The van der Waals surface area contributed by atoms with Crippen molar-refractivity contribution in [3.05, 3.63) is 102 Å². The minimum atomic E-state index is -0.529. The van der Waals surface area contributed by atoms with Gasteiger partial charge in [0, 0.05) is 43.0 Å². The highest BCUT2D eigenvalue weighted by Gasteiger charge is 2.23. The maximum atomic E-state index is 14.0. The fraction of sp³-hybridized carbons (Fsp3) is 0.233. The van der Waals surface area contributed by atoms with E-state index in [2.05, 4.69) is 10.00 Å². The molecule has 1 aliphatic heterocycles. The number of piperazine rings is 1. The molecule has 1 fully saturated rings. The van der Waals surface area contributed by atoms with E-state index in [-0.39, 0.29) is 18.2 Å². The summed E-state index contributed by atoms with van der Waals surface area (Å²) >= 11 is 0. The smallest absolute Gasteiger partial charge is 0.358 e.